The van der Waals surface area contributed by atoms with E-state index < -0.39 is 0 Å². The molecule has 0 aliphatic heterocycles. The van der Waals surface area contributed by atoms with Crippen LogP contribution in [-0.4, -0.2) is 12.1 Å². The number of hydrogen-bond acceptors (Lipinski definition) is 3. The number of nitrogens with two attached hydrogens (primary N) is 1. The molecule has 4 nitrogen and oxygen atoms in total. The van der Waals surface area contributed by atoms with Crippen LogP contribution in [0.5, 0.6) is 5.75 Å². The summed E-state index contributed by atoms with van der Waals surface area (Å²) in [7, 11) is 1.65. The number of rotatable bonds is 2. The fraction of sp³-hybridized carbons (Fsp3) is 0.214. The van der Waals surface area contributed by atoms with Gasteiger partial charge < -0.3 is 15.5 Å². The van der Waals surface area contributed by atoms with Crippen LogP contribution in [0.2, 0.25) is 0 Å². The van der Waals surface area contributed by atoms with Crippen LogP contribution >= 0.6 is 0 Å². The summed E-state index contributed by atoms with van der Waals surface area (Å²) in [4.78, 5) is 14.0. The van der Waals surface area contributed by atoms with Crippen molar-refractivity contribution in [2.45, 2.75) is 13.8 Å². The predicted molar refractivity (Wildman–Crippen MR) is 72.9 cm³/mol. The minimum Gasteiger partial charge on any atom is -0.496 e. The molecule has 1 aromatic carbocycles. The van der Waals surface area contributed by atoms with Gasteiger partial charge in [-0.25, -0.2) is 0 Å². The Balaban J connectivity index is 2.64. The lowest BCUT2D eigenvalue weighted by Gasteiger charge is -2.12. The van der Waals surface area contributed by atoms with Gasteiger partial charge in [-0.1, -0.05) is 6.07 Å². The smallest absolute Gasteiger partial charge is 0.250 e. The second-order valence-corrected chi connectivity index (χ2v) is 4.25. The number of aromatic nitrogens is 1. The van der Waals surface area contributed by atoms with E-state index in [4.69, 9.17) is 10.5 Å². The van der Waals surface area contributed by atoms with Crippen molar-refractivity contribution in [2.75, 3.05) is 12.8 Å². The fourth-order valence-corrected chi connectivity index (χ4v) is 2.05. The van der Waals surface area contributed by atoms with Gasteiger partial charge >= 0.3 is 0 Å². The van der Waals surface area contributed by atoms with E-state index in [1.807, 2.05) is 26.0 Å². The van der Waals surface area contributed by atoms with Gasteiger partial charge in [0.05, 0.1) is 7.11 Å². The monoisotopic (exact) mass is 244 g/mol. The Morgan fingerprint density at radius 3 is 2.50 bits per heavy atom. The van der Waals surface area contributed by atoms with Crippen molar-refractivity contribution in [3.63, 3.8) is 0 Å². The molecule has 1 aromatic heterocycles. The maximum atomic E-state index is 11.4. The normalized spacial score (nSPS) is 10.4. The number of ether oxygens (including phenoxy) is 1. The summed E-state index contributed by atoms with van der Waals surface area (Å²) < 4.78 is 5.27. The average Bonchev–Trinajstić information content (AvgIpc) is 2.31. The molecule has 2 rings (SSSR count). The van der Waals surface area contributed by atoms with Crippen LogP contribution in [0.25, 0.3) is 11.1 Å². The van der Waals surface area contributed by atoms with Crippen molar-refractivity contribution in [2.24, 2.45) is 0 Å². The fourth-order valence-electron chi connectivity index (χ4n) is 2.05. The van der Waals surface area contributed by atoms with Gasteiger partial charge in [0.25, 0.3) is 0 Å². The van der Waals surface area contributed by atoms with Crippen molar-refractivity contribution in [1.82, 2.24) is 4.98 Å². The van der Waals surface area contributed by atoms with Crippen molar-refractivity contribution in [1.29, 1.82) is 0 Å². The number of methoxy groups -OCH3 is 1. The molecule has 3 N–H and O–H groups in total. The van der Waals surface area contributed by atoms with Gasteiger partial charge in [0.2, 0.25) is 5.56 Å². The Labute approximate surface area is 105 Å². The van der Waals surface area contributed by atoms with Crippen LogP contribution in [0, 0.1) is 13.8 Å². The van der Waals surface area contributed by atoms with Crippen LogP contribution in [0.1, 0.15) is 11.1 Å². The van der Waals surface area contributed by atoms with Gasteiger partial charge in [-0.2, -0.15) is 0 Å². The Kier molecular flexibility index (Phi) is 3.10. The van der Waals surface area contributed by atoms with E-state index in [0.717, 1.165) is 28.0 Å². The van der Waals surface area contributed by atoms with E-state index in [-0.39, 0.29) is 5.56 Å². The second kappa shape index (κ2) is 4.56. The molecule has 0 spiro atoms. The number of anilines is 1. The summed E-state index contributed by atoms with van der Waals surface area (Å²) in [6.45, 7) is 4.00. The summed E-state index contributed by atoms with van der Waals surface area (Å²) in [5.74, 6) is 1.21. The lowest BCUT2D eigenvalue weighted by atomic mass is 9.97. The van der Waals surface area contributed by atoms with Crippen LogP contribution in [0.15, 0.2) is 29.1 Å². The van der Waals surface area contributed by atoms with Gasteiger partial charge in [0.15, 0.2) is 0 Å². The summed E-state index contributed by atoms with van der Waals surface area (Å²) in [5, 5.41) is 0. The Morgan fingerprint density at radius 1 is 1.17 bits per heavy atom. The zero-order valence-corrected chi connectivity index (χ0v) is 10.7. The molecule has 0 atom stereocenters. The SMILES string of the molecule is COc1ccc(-c2cc(N)[nH]c(=O)c2)c(C)c1C. The highest BCUT2D eigenvalue weighted by Gasteiger charge is 2.09. The molecule has 0 unspecified atom stereocenters. The first kappa shape index (κ1) is 12.2. The third-order valence-corrected chi connectivity index (χ3v) is 3.13. The largest absolute Gasteiger partial charge is 0.496 e. The predicted octanol–water partition coefficient (Wildman–Crippen LogP) is 2.25. The van der Waals surface area contributed by atoms with E-state index >= 15 is 0 Å². The number of pyridine rings is 1. The highest BCUT2D eigenvalue weighted by atomic mass is 16.5. The number of nitrogen functional groups attached to an aromatic ring is 1. The van der Waals surface area contributed by atoms with Crippen molar-refractivity contribution in [3.05, 3.63) is 45.7 Å². The second-order valence-electron chi connectivity index (χ2n) is 4.25. The number of aromatic amines is 1. The summed E-state index contributed by atoms with van der Waals surface area (Å²) in [5.41, 5.74) is 9.42. The molecular weight excluding hydrogens is 228 g/mol. The van der Waals surface area contributed by atoms with E-state index in [0.29, 0.717) is 5.82 Å². The van der Waals surface area contributed by atoms with Crippen LogP contribution in [0.4, 0.5) is 5.82 Å². The first-order valence-corrected chi connectivity index (χ1v) is 5.67. The molecule has 94 valence electrons. The number of hydrogen-bond donors (Lipinski definition) is 2. The minimum absolute atomic E-state index is 0.196. The molecule has 0 aliphatic carbocycles. The molecular formula is C14H16N2O2. The highest BCUT2D eigenvalue weighted by molar-refractivity contribution is 5.71. The maximum Gasteiger partial charge on any atom is 0.250 e. The Morgan fingerprint density at radius 2 is 1.89 bits per heavy atom. The van der Waals surface area contributed by atoms with Crippen LogP contribution in [0.3, 0.4) is 0 Å². The molecule has 1 heterocycles. The van der Waals surface area contributed by atoms with Crippen LogP contribution < -0.4 is 16.0 Å². The van der Waals surface area contributed by atoms with Gasteiger partial charge in [-0.05, 0) is 48.2 Å². The number of nitrogens with one attached hydrogen (secondary N) is 1. The molecule has 0 saturated carbocycles. The third kappa shape index (κ3) is 2.09. The quantitative estimate of drug-likeness (QED) is 0.851. The first-order chi connectivity index (χ1) is 8.52. The van der Waals surface area contributed by atoms with Crippen molar-refractivity contribution in [3.8, 4) is 16.9 Å². The molecule has 0 fully saturated rings. The lowest BCUT2D eigenvalue weighted by molar-refractivity contribution is 0.411. The molecule has 0 radical (unpaired) electrons. The van der Waals surface area contributed by atoms with E-state index in [1.165, 1.54) is 0 Å². The zero-order chi connectivity index (χ0) is 13.3. The number of H-pyrrole nitrogens is 1. The molecule has 2 aromatic rings. The molecule has 18 heavy (non-hydrogen) atoms. The molecule has 4 heteroatoms. The average molecular weight is 244 g/mol. The van der Waals surface area contributed by atoms with Gasteiger partial charge in [0.1, 0.15) is 11.6 Å². The highest BCUT2D eigenvalue weighted by Crippen LogP contribution is 2.30. The maximum absolute atomic E-state index is 11.4. The van der Waals surface area contributed by atoms with Crippen LogP contribution in [-0.2, 0) is 0 Å². The minimum atomic E-state index is -0.196. The third-order valence-electron chi connectivity index (χ3n) is 3.13. The molecule has 0 aliphatic rings. The van der Waals surface area contributed by atoms with E-state index in [9.17, 15) is 4.79 Å². The Bertz CT molecular complexity index is 645. The Hall–Kier alpha value is -2.23. The van der Waals surface area contributed by atoms with E-state index in [1.54, 1.807) is 19.2 Å². The number of benzene rings is 1. The summed E-state index contributed by atoms with van der Waals surface area (Å²) >= 11 is 0. The molecule has 0 amide bonds. The van der Waals surface area contributed by atoms with Crippen molar-refractivity contribution >= 4 is 5.82 Å². The van der Waals surface area contributed by atoms with Gasteiger partial charge in [-0.3, -0.25) is 4.79 Å². The summed E-state index contributed by atoms with van der Waals surface area (Å²) in [6, 6.07) is 7.14. The van der Waals surface area contributed by atoms with Gasteiger partial charge in [0, 0.05) is 6.07 Å². The van der Waals surface area contributed by atoms with Gasteiger partial charge in [-0.15, -0.1) is 0 Å². The van der Waals surface area contributed by atoms with Crippen molar-refractivity contribution < 1.29 is 4.74 Å². The van der Waals surface area contributed by atoms with E-state index in [2.05, 4.69) is 4.98 Å². The topological polar surface area (TPSA) is 68.1 Å². The summed E-state index contributed by atoms with van der Waals surface area (Å²) in [6.07, 6.45) is 0. The standard InChI is InChI=1S/C14H16N2O2/c1-8-9(2)12(18-3)5-4-11(8)10-6-13(15)16-14(17)7-10/h4-7H,1-3H3,(H3,15,16,17). The zero-order valence-electron chi connectivity index (χ0n) is 10.7. The lowest BCUT2D eigenvalue weighted by Crippen LogP contribution is -2.07. The molecule has 0 saturated heterocycles. The molecule has 0 bridgehead atoms. The first-order valence-electron chi connectivity index (χ1n) is 5.67.